The van der Waals surface area contributed by atoms with Gasteiger partial charge in [0.2, 0.25) is 5.91 Å². The number of morpholine rings is 1. The Morgan fingerprint density at radius 3 is 2.57 bits per heavy atom. The van der Waals surface area contributed by atoms with Crippen molar-refractivity contribution < 1.29 is 19.4 Å². The summed E-state index contributed by atoms with van der Waals surface area (Å²) in [5.74, 6) is -0.660. The number of hydrogen-bond donors (Lipinski definition) is 1. The molecule has 1 saturated carbocycles. The molecule has 0 spiro atoms. The van der Waals surface area contributed by atoms with E-state index < -0.39 is 5.97 Å². The second-order valence-corrected chi connectivity index (χ2v) is 6.53. The van der Waals surface area contributed by atoms with Gasteiger partial charge in [-0.05, 0) is 24.7 Å². The van der Waals surface area contributed by atoms with Crippen molar-refractivity contribution in [1.82, 2.24) is 4.90 Å². The molecule has 0 aromatic rings. The smallest absolute Gasteiger partial charge is 0.303 e. The van der Waals surface area contributed by atoms with Gasteiger partial charge in [-0.2, -0.15) is 0 Å². The van der Waals surface area contributed by atoms with Gasteiger partial charge in [-0.25, -0.2) is 0 Å². The van der Waals surface area contributed by atoms with Crippen LogP contribution < -0.4 is 0 Å². The van der Waals surface area contributed by atoms with E-state index in [4.69, 9.17) is 4.74 Å². The predicted molar refractivity (Wildman–Crippen MR) is 79.0 cm³/mol. The summed E-state index contributed by atoms with van der Waals surface area (Å²) in [6.07, 6.45) is 6.37. The third kappa shape index (κ3) is 4.19. The van der Waals surface area contributed by atoms with Crippen LogP contribution in [0.15, 0.2) is 0 Å². The van der Waals surface area contributed by atoms with Gasteiger partial charge >= 0.3 is 5.97 Å². The van der Waals surface area contributed by atoms with Crippen molar-refractivity contribution in [3.05, 3.63) is 0 Å². The van der Waals surface area contributed by atoms with Crippen LogP contribution in [-0.4, -0.2) is 47.7 Å². The van der Waals surface area contributed by atoms with Gasteiger partial charge < -0.3 is 14.7 Å². The van der Waals surface area contributed by atoms with Crippen molar-refractivity contribution in [1.29, 1.82) is 0 Å². The van der Waals surface area contributed by atoms with Crippen molar-refractivity contribution in [2.24, 2.45) is 5.41 Å². The molecule has 1 heterocycles. The lowest BCUT2D eigenvalue weighted by atomic mass is 9.69. The number of amides is 1. The van der Waals surface area contributed by atoms with Crippen LogP contribution in [0, 0.1) is 5.41 Å². The Bertz CT molecular complexity index is 376. The molecule has 1 amide bonds. The summed E-state index contributed by atoms with van der Waals surface area (Å²) in [7, 11) is 0. The molecule has 2 rings (SSSR count). The minimum Gasteiger partial charge on any atom is -0.481 e. The van der Waals surface area contributed by atoms with Crippen LogP contribution in [0.2, 0.25) is 0 Å². The Morgan fingerprint density at radius 1 is 1.24 bits per heavy atom. The van der Waals surface area contributed by atoms with E-state index in [1.165, 1.54) is 0 Å². The lowest BCUT2D eigenvalue weighted by molar-refractivity contribution is -0.146. The van der Waals surface area contributed by atoms with E-state index in [1.807, 2.05) is 4.90 Å². The highest BCUT2D eigenvalue weighted by Crippen LogP contribution is 2.43. The van der Waals surface area contributed by atoms with E-state index in [-0.39, 0.29) is 23.8 Å². The van der Waals surface area contributed by atoms with Gasteiger partial charge in [0.25, 0.3) is 0 Å². The van der Waals surface area contributed by atoms with E-state index in [2.05, 4.69) is 6.92 Å². The SMILES string of the molecule is CCC1COCCN1C(=O)CC1(CC(=O)O)CCCCC1. The molecule has 1 aliphatic carbocycles. The minimum atomic E-state index is -0.779. The van der Waals surface area contributed by atoms with Crippen molar-refractivity contribution in [2.45, 2.75) is 64.3 Å². The maximum atomic E-state index is 12.7. The molecular weight excluding hydrogens is 270 g/mol. The first-order valence-electron chi connectivity index (χ1n) is 8.15. The molecule has 1 saturated heterocycles. The summed E-state index contributed by atoms with van der Waals surface area (Å²) >= 11 is 0. The molecular formula is C16H27NO4. The fourth-order valence-corrected chi connectivity index (χ4v) is 3.78. The van der Waals surface area contributed by atoms with Crippen LogP contribution >= 0.6 is 0 Å². The van der Waals surface area contributed by atoms with Crippen LogP contribution in [0.25, 0.3) is 0 Å². The standard InChI is InChI=1S/C16H27NO4/c1-2-13-12-21-9-8-17(13)14(18)10-16(11-15(19)20)6-4-3-5-7-16/h13H,2-12H2,1H3,(H,19,20). The maximum Gasteiger partial charge on any atom is 0.303 e. The maximum absolute atomic E-state index is 12.7. The second-order valence-electron chi connectivity index (χ2n) is 6.53. The van der Waals surface area contributed by atoms with Crippen molar-refractivity contribution >= 4 is 11.9 Å². The average Bonchev–Trinajstić information content (AvgIpc) is 2.47. The molecule has 0 aromatic heterocycles. The van der Waals surface area contributed by atoms with Gasteiger partial charge in [0.15, 0.2) is 0 Å². The van der Waals surface area contributed by atoms with Crippen molar-refractivity contribution in [2.75, 3.05) is 19.8 Å². The van der Waals surface area contributed by atoms with E-state index >= 15 is 0 Å². The number of aliphatic carboxylic acids is 1. The molecule has 2 aliphatic rings. The Balaban J connectivity index is 2.04. The fraction of sp³-hybridized carbons (Fsp3) is 0.875. The number of ether oxygens (including phenoxy) is 1. The lowest BCUT2D eigenvalue weighted by Crippen LogP contribution is -2.50. The zero-order valence-electron chi connectivity index (χ0n) is 13.0. The topological polar surface area (TPSA) is 66.8 Å². The summed E-state index contributed by atoms with van der Waals surface area (Å²) in [6, 6.07) is 0.150. The van der Waals surface area contributed by atoms with Gasteiger partial charge in [0.05, 0.1) is 25.7 Å². The Labute approximate surface area is 126 Å². The van der Waals surface area contributed by atoms with Crippen LogP contribution in [0.1, 0.15) is 58.3 Å². The van der Waals surface area contributed by atoms with Gasteiger partial charge in [0.1, 0.15) is 0 Å². The highest BCUT2D eigenvalue weighted by Gasteiger charge is 2.38. The Hall–Kier alpha value is -1.10. The number of rotatable bonds is 5. The van der Waals surface area contributed by atoms with E-state index in [0.717, 1.165) is 38.5 Å². The van der Waals surface area contributed by atoms with Gasteiger partial charge in [-0.3, -0.25) is 9.59 Å². The molecule has 2 fully saturated rings. The number of nitrogens with zero attached hydrogens (tertiary/aromatic N) is 1. The third-order valence-electron chi connectivity index (χ3n) is 4.99. The second kappa shape index (κ2) is 7.25. The Morgan fingerprint density at radius 2 is 1.95 bits per heavy atom. The van der Waals surface area contributed by atoms with Crippen molar-refractivity contribution in [3.8, 4) is 0 Å². The monoisotopic (exact) mass is 297 g/mol. The summed E-state index contributed by atoms with van der Waals surface area (Å²) < 4.78 is 5.45. The number of carboxylic acid groups (broad SMARTS) is 1. The quantitative estimate of drug-likeness (QED) is 0.846. The highest BCUT2D eigenvalue weighted by molar-refractivity contribution is 5.78. The predicted octanol–water partition coefficient (Wildman–Crippen LogP) is 2.44. The first kappa shape index (κ1) is 16.3. The number of carboxylic acids is 1. The molecule has 1 N–H and O–H groups in total. The van der Waals surface area contributed by atoms with Crippen LogP contribution in [0.5, 0.6) is 0 Å². The molecule has 0 aromatic carbocycles. The number of carbonyl (C=O) groups excluding carboxylic acids is 1. The normalized spacial score (nSPS) is 25.6. The zero-order chi connectivity index (χ0) is 15.3. The van der Waals surface area contributed by atoms with E-state index in [0.29, 0.717) is 26.2 Å². The first-order valence-corrected chi connectivity index (χ1v) is 8.15. The molecule has 5 nitrogen and oxygen atoms in total. The molecule has 1 atom stereocenters. The Kier molecular flexibility index (Phi) is 5.62. The third-order valence-corrected chi connectivity index (χ3v) is 4.99. The first-order chi connectivity index (χ1) is 10.1. The average molecular weight is 297 g/mol. The van der Waals surface area contributed by atoms with Crippen molar-refractivity contribution in [3.63, 3.8) is 0 Å². The summed E-state index contributed by atoms with van der Waals surface area (Å²) in [6.45, 7) is 3.90. The highest BCUT2D eigenvalue weighted by atomic mass is 16.5. The molecule has 5 heteroatoms. The van der Waals surface area contributed by atoms with Gasteiger partial charge in [-0.15, -0.1) is 0 Å². The molecule has 0 bridgehead atoms. The van der Waals surface area contributed by atoms with Gasteiger partial charge in [-0.1, -0.05) is 26.2 Å². The molecule has 0 radical (unpaired) electrons. The lowest BCUT2D eigenvalue weighted by Gasteiger charge is -2.40. The summed E-state index contributed by atoms with van der Waals surface area (Å²) in [4.78, 5) is 25.8. The largest absolute Gasteiger partial charge is 0.481 e. The number of carbonyl (C=O) groups is 2. The van der Waals surface area contributed by atoms with E-state index in [9.17, 15) is 14.7 Å². The van der Waals surface area contributed by atoms with Crippen LogP contribution in [-0.2, 0) is 14.3 Å². The van der Waals surface area contributed by atoms with E-state index in [1.54, 1.807) is 0 Å². The molecule has 1 unspecified atom stereocenters. The minimum absolute atomic E-state index is 0.119. The molecule has 120 valence electrons. The molecule has 21 heavy (non-hydrogen) atoms. The fourth-order valence-electron chi connectivity index (χ4n) is 3.78. The number of hydrogen-bond acceptors (Lipinski definition) is 3. The van der Waals surface area contributed by atoms with Gasteiger partial charge in [0, 0.05) is 13.0 Å². The van der Waals surface area contributed by atoms with Crippen LogP contribution in [0.3, 0.4) is 0 Å². The summed E-state index contributed by atoms with van der Waals surface area (Å²) in [5.41, 5.74) is -0.322. The van der Waals surface area contributed by atoms with Crippen LogP contribution in [0.4, 0.5) is 0 Å². The summed E-state index contributed by atoms with van der Waals surface area (Å²) in [5, 5.41) is 9.21. The molecule has 1 aliphatic heterocycles. The zero-order valence-corrected chi connectivity index (χ0v) is 13.0.